The largest absolute Gasteiger partial charge is 0.497 e. The number of hydrogen-bond donors (Lipinski definition) is 1. The smallest absolute Gasteiger partial charge is 0.318 e. The standard InChI is InChI=1S/C28H30ClN5O2/c1-18-16-33(12-13-34(18)28(35)32-19(2)20-6-10-24(36-3)11-7-20)27-25-14-22(15-26(25)30-17-31-27)21-4-8-23(29)9-5-21/h4-11,14,17-19H,12-13,15-16H2,1-3H3,(H,32,35)/t18-,19-/m1/s1. The summed E-state index contributed by atoms with van der Waals surface area (Å²) >= 11 is 6.07. The van der Waals surface area contributed by atoms with Gasteiger partial charge in [-0.3, -0.25) is 0 Å². The Bertz CT molecular complexity index is 1280. The third kappa shape index (κ3) is 4.88. The van der Waals surface area contributed by atoms with E-state index in [-0.39, 0.29) is 18.1 Å². The van der Waals surface area contributed by atoms with Gasteiger partial charge < -0.3 is 19.9 Å². The van der Waals surface area contributed by atoms with Crippen molar-refractivity contribution in [1.82, 2.24) is 20.2 Å². The highest BCUT2D eigenvalue weighted by Gasteiger charge is 2.31. The van der Waals surface area contributed by atoms with Gasteiger partial charge in [0.1, 0.15) is 17.9 Å². The van der Waals surface area contributed by atoms with E-state index in [1.807, 2.05) is 60.4 Å². The number of aromatic nitrogens is 2. The van der Waals surface area contributed by atoms with Crippen molar-refractivity contribution in [3.05, 3.63) is 82.3 Å². The molecule has 1 N–H and O–H groups in total. The first-order valence-electron chi connectivity index (χ1n) is 12.2. The minimum absolute atomic E-state index is 0.0357. The Morgan fingerprint density at radius 1 is 1.11 bits per heavy atom. The number of piperazine rings is 1. The fourth-order valence-electron chi connectivity index (χ4n) is 4.91. The Labute approximate surface area is 216 Å². The number of halogens is 1. The number of benzene rings is 2. The quantitative estimate of drug-likeness (QED) is 0.517. The number of fused-ring (bicyclic) bond motifs is 1. The van der Waals surface area contributed by atoms with Crippen LogP contribution in [0, 0.1) is 0 Å². The van der Waals surface area contributed by atoms with Gasteiger partial charge in [-0.05, 0) is 60.9 Å². The second-order valence-electron chi connectivity index (χ2n) is 9.34. The molecular formula is C28H30ClN5O2. The lowest BCUT2D eigenvalue weighted by molar-refractivity contribution is 0.168. The van der Waals surface area contributed by atoms with Gasteiger partial charge in [0.2, 0.25) is 0 Å². The van der Waals surface area contributed by atoms with Crippen LogP contribution in [0.25, 0.3) is 11.6 Å². The number of ether oxygens (including phenoxy) is 1. The summed E-state index contributed by atoms with van der Waals surface area (Å²) in [6.45, 7) is 6.12. The number of carbonyl (C=O) groups excluding carboxylic acids is 1. The maximum absolute atomic E-state index is 13.1. The Balaban J connectivity index is 1.26. The van der Waals surface area contributed by atoms with Crippen molar-refractivity contribution >= 4 is 35.1 Å². The van der Waals surface area contributed by atoms with Crippen molar-refractivity contribution in [2.45, 2.75) is 32.4 Å². The number of allylic oxidation sites excluding steroid dienone is 1. The molecule has 1 aliphatic heterocycles. The molecule has 3 aromatic rings. The molecule has 0 radical (unpaired) electrons. The van der Waals surface area contributed by atoms with Crippen LogP contribution in [0.3, 0.4) is 0 Å². The van der Waals surface area contributed by atoms with Gasteiger partial charge in [0, 0.05) is 42.7 Å². The number of urea groups is 1. The Hall–Kier alpha value is -3.58. The van der Waals surface area contributed by atoms with Crippen molar-refractivity contribution in [2.75, 3.05) is 31.6 Å². The van der Waals surface area contributed by atoms with E-state index in [9.17, 15) is 4.79 Å². The summed E-state index contributed by atoms with van der Waals surface area (Å²) in [5, 5.41) is 3.87. The van der Waals surface area contributed by atoms with Crippen molar-refractivity contribution in [3.8, 4) is 5.75 Å². The zero-order valence-electron chi connectivity index (χ0n) is 20.7. The van der Waals surface area contributed by atoms with Crippen molar-refractivity contribution in [3.63, 3.8) is 0 Å². The molecule has 2 heterocycles. The zero-order valence-corrected chi connectivity index (χ0v) is 21.5. The van der Waals surface area contributed by atoms with E-state index >= 15 is 0 Å². The number of nitrogens with zero attached hydrogens (tertiary/aromatic N) is 4. The predicted octanol–water partition coefficient (Wildman–Crippen LogP) is 5.22. The van der Waals surface area contributed by atoms with E-state index in [4.69, 9.17) is 16.3 Å². The van der Waals surface area contributed by atoms with Gasteiger partial charge in [0.25, 0.3) is 0 Å². The number of amides is 2. The van der Waals surface area contributed by atoms with Gasteiger partial charge in [-0.25, -0.2) is 14.8 Å². The molecule has 2 atom stereocenters. The van der Waals surface area contributed by atoms with Crippen LogP contribution in [-0.4, -0.2) is 53.7 Å². The maximum Gasteiger partial charge on any atom is 0.318 e. The average molecular weight is 504 g/mol. The highest BCUT2D eigenvalue weighted by atomic mass is 35.5. The van der Waals surface area contributed by atoms with E-state index in [0.29, 0.717) is 19.6 Å². The minimum atomic E-state index is -0.102. The molecule has 1 saturated heterocycles. The second-order valence-corrected chi connectivity index (χ2v) is 9.78. The van der Waals surface area contributed by atoms with Crippen LogP contribution in [0.4, 0.5) is 10.6 Å². The molecule has 1 fully saturated rings. The van der Waals surface area contributed by atoms with E-state index in [1.54, 1.807) is 13.4 Å². The minimum Gasteiger partial charge on any atom is -0.497 e. The molecule has 2 aliphatic rings. The summed E-state index contributed by atoms with van der Waals surface area (Å²) in [6, 6.07) is 15.6. The summed E-state index contributed by atoms with van der Waals surface area (Å²) < 4.78 is 5.23. The van der Waals surface area contributed by atoms with Crippen LogP contribution in [0.5, 0.6) is 5.75 Å². The number of hydrogen-bond acceptors (Lipinski definition) is 5. The monoisotopic (exact) mass is 503 g/mol. The third-order valence-electron chi connectivity index (χ3n) is 6.98. The van der Waals surface area contributed by atoms with Crippen molar-refractivity contribution in [1.29, 1.82) is 0 Å². The van der Waals surface area contributed by atoms with Gasteiger partial charge in [-0.2, -0.15) is 0 Å². The molecule has 1 aliphatic carbocycles. The molecule has 7 nitrogen and oxygen atoms in total. The normalized spacial score (nSPS) is 17.9. The number of anilines is 1. The number of nitrogens with one attached hydrogen (secondary N) is 1. The van der Waals surface area contributed by atoms with Crippen LogP contribution in [0.2, 0.25) is 5.02 Å². The maximum atomic E-state index is 13.1. The Kier molecular flexibility index (Phi) is 6.83. The highest BCUT2D eigenvalue weighted by Crippen LogP contribution is 2.35. The van der Waals surface area contributed by atoms with Gasteiger partial charge >= 0.3 is 6.03 Å². The molecule has 5 rings (SSSR count). The molecule has 1 aromatic heterocycles. The van der Waals surface area contributed by atoms with E-state index in [0.717, 1.165) is 45.4 Å². The lowest BCUT2D eigenvalue weighted by Gasteiger charge is -2.41. The molecule has 36 heavy (non-hydrogen) atoms. The SMILES string of the molecule is COc1ccc([C@@H](C)NC(=O)N2CCN(c3ncnc4c3C=C(c3ccc(Cl)cc3)C4)C[C@H]2C)cc1. The Morgan fingerprint density at radius 2 is 1.86 bits per heavy atom. The molecule has 8 heteroatoms. The molecule has 0 spiro atoms. The summed E-state index contributed by atoms with van der Waals surface area (Å²) in [6.07, 6.45) is 4.61. The molecule has 2 amide bonds. The van der Waals surface area contributed by atoms with Crippen LogP contribution in [0.1, 0.15) is 42.3 Å². The lowest BCUT2D eigenvalue weighted by Crippen LogP contribution is -2.57. The van der Waals surface area contributed by atoms with Gasteiger partial charge in [-0.1, -0.05) is 35.9 Å². The van der Waals surface area contributed by atoms with Gasteiger partial charge in [0.15, 0.2) is 0 Å². The fraction of sp³-hybridized carbons (Fsp3) is 0.321. The molecule has 2 aromatic carbocycles. The third-order valence-corrected chi connectivity index (χ3v) is 7.23. The zero-order chi connectivity index (χ0) is 25.2. The first-order chi connectivity index (χ1) is 17.4. The number of carbonyl (C=O) groups is 1. The number of rotatable bonds is 5. The van der Waals surface area contributed by atoms with E-state index in [2.05, 4.69) is 33.2 Å². The molecular weight excluding hydrogens is 474 g/mol. The van der Waals surface area contributed by atoms with Crippen molar-refractivity contribution in [2.24, 2.45) is 0 Å². The van der Waals surface area contributed by atoms with Crippen molar-refractivity contribution < 1.29 is 9.53 Å². The molecule has 186 valence electrons. The summed E-state index contributed by atoms with van der Waals surface area (Å²) in [5.74, 6) is 1.73. The van der Waals surface area contributed by atoms with Crippen LogP contribution < -0.4 is 15.0 Å². The topological polar surface area (TPSA) is 70.6 Å². The summed E-state index contributed by atoms with van der Waals surface area (Å²) in [5.41, 5.74) is 5.49. The molecule has 0 unspecified atom stereocenters. The predicted molar refractivity (Wildman–Crippen MR) is 143 cm³/mol. The van der Waals surface area contributed by atoms with Crippen LogP contribution in [-0.2, 0) is 6.42 Å². The first kappa shape index (κ1) is 24.1. The highest BCUT2D eigenvalue weighted by molar-refractivity contribution is 6.30. The van der Waals surface area contributed by atoms with Gasteiger partial charge in [-0.15, -0.1) is 0 Å². The van der Waals surface area contributed by atoms with Gasteiger partial charge in [0.05, 0.1) is 18.8 Å². The fourth-order valence-corrected chi connectivity index (χ4v) is 5.04. The second kappa shape index (κ2) is 10.2. The van der Waals surface area contributed by atoms with E-state index < -0.39 is 0 Å². The first-order valence-corrected chi connectivity index (χ1v) is 12.6. The summed E-state index contributed by atoms with van der Waals surface area (Å²) in [7, 11) is 1.64. The average Bonchev–Trinajstić information content (AvgIpc) is 3.33. The van der Waals surface area contributed by atoms with E-state index in [1.165, 1.54) is 5.57 Å². The lowest BCUT2D eigenvalue weighted by atomic mass is 10.1. The number of methoxy groups -OCH3 is 1. The summed E-state index contributed by atoms with van der Waals surface area (Å²) in [4.78, 5) is 26.5. The molecule has 0 saturated carbocycles. The Morgan fingerprint density at radius 3 is 2.56 bits per heavy atom. The van der Waals surface area contributed by atoms with Crippen LogP contribution >= 0.6 is 11.6 Å². The van der Waals surface area contributed by atoms with Crippen LogP contribution in [0.15, 0.2) is 54.9 Å². The molecule has 0 bridgehead atoms.